The van der Waals surface area contributed by atoms with Crippen LogP contribution in [0.3, 0.4) is 0 Å². The first-order valence-electron chi connectivity index (χ1n) is 20.9. The van der Waals surface area contributed by atoms with Crippen molar-refractivity contribution in [3.8, 4) is 12.8 Å². The second-order valence-electron chi connectivity index (χ2n) is 15.3. The van der Waals surface area contributed by atoms with E-state index in [1.165, 1.54) is 35.9 Å². The predicted molar refractivity (Wildman–Crippen MR) is 245 cm³/mol. The molecule has 11 nitrogen and oxygen atoms in total. The predicted octanol–water partition coefficient (Wildman–Crippen LogP) is 7.38. The van der Waals surface area contributed by atoms with Crippen molar-refractivity contribution in [1.29, 1.82) is 0 Å². The number of hydrogen-bond acceptors (Lipinski definition) is 9. The Morgan fingerprint density at radius 2 is 1.49 bits per heavy atom. The van der Waals surface area contributed by atoms with E-state index in [1.54, 1.807) is 19.2 Å². The molecule has 4 amide bonds. The normalized spacial score (nSPS) is 16.2. The first kappa shape index (κ1) is 51.0. The largest absolute Gasteiger partial charge is 0.400 e. The summed E-state index contributed by atoms with van der Waals surface area (Å²) in [6, 6.07) is 15.1. The van der Waals surface area contributed by atoms with Gasteiger partial charge in [-0.15, -0.1) is 12.8 Å². The summed E-state index contributed by atoms with van der Waals surface area (Å²) in [7, 11) is 1.00. The van der Waals surface area contributed by atoms with Crippen LogP contribution in [0, 0.1) is 36.5 Å². The standard InChI is InChI=1S/C40H56N6O4.C3H6S2.C2H2.CH4O/c1-6-27(4)36(40(50)42-25-32-17-12-13-23-41-32)46-38(48)33(26(2)3)21-20-31(24-29-14-8-7-9-15-29)44-37(47)28(5)43-39(49)35-22-19-30-16-10-11-18-34(30)45-35;1-2-5-3-4-1;2*1-2/h10-13,16-19,22-23,26-29,31,33,36H,6-9,14-15,20-21,24-25H2,1-5H3,(H,42,50)(H,43,49)(H,44,47)(H,46,48);1-3H2;1-2H;2H,1H3/t27-,28+,31-,33+,36?;;;/m1.../s1. The minimum absolute atomic E-state index is 0.0304. The van der Waals surface area contributed by atoms with Crippen molar-refractivity contribution in [2.45, 2.75) is 117 Å². The number of pyridine rings is 2. The van der Waals surface area contributed by atoms with Crippen molar-refractivity contribution in [2.75, 3.05) is 23.7 Å². The summed E-state index contributed by atoms with van der Waals surface area (Å²) >= 11 is 4.07. The highest BCUT2D eigenvalue weighted by Gasteiger charge is 2.32. The molecule has 5 rings (SSSR count). The van der Waals surface area contributed by atoms with Gasteiger partial charge in [-0.25, -0.2) is 4.98 Å². The van der Waals surface area contributed by atoms with Gasteiger partial charge in [0.15, 0.2) is 0 Å². The number of amides is 4. The van der Waals surface area contributed by atoms with Crippen molar-refractivity contribution in [1.82, 2.24) is 31.2 Å². The number of terminal acetylenes is 1. The number of fused-ring (bicyclic) bond motifs is 1. The van der Waals surface area contributed by atoms with E-state index >= 15 is 0 Å². The number of hydrogen-bond donors (Lipinski definition) is 5. The van der Waals surface area contributed by atoms with Gasteiger partial charge in [0.2, 0.25) is 17.7 Å². The van der Waals surface area contributed by atoms with E-state index in [4.69, 9.17) is 5.11 Å². The highest BCUT2D eigenvalue weighted by Crippen LogP contribution is 2.30. The number of carbonyl (C=O) groups excluding carboxylic acids is 4. The van der Waals surface area contributed by atoms with E-state index < -0.39 is 18.0 Å². The van der Waals surface area contributed by atoms with E-state index in [9.17, 15) is 19.2 Å². The number of benzene rings is 1. The molecule has 2 fully saturated rings. The molecule has 3 aromatic rings. The lowest BCUT2D eigenvalue weighted by Crippen LogP contribution is -2.52. The van der Waals surface area contributed by atoms with Crippen LogP contribution in [0.5, 0.6) is 0 Å². The van der Waals surface area contributed by atoms with Crippen molar-refractivity contribution >= 4 is 58.1 Å². The molecule has 1 aliphatic heterocycles. The van der Waals surface area contributed by atoms with Gasteiger partial charge in [-0.1, -0.05) is 96.6 Å². The first-order chi connectivity index (χ1) is 28.5. The summed E-state index contributed by atoms with van der Waals surface area (Å²) in [5.41, 5.74) is 1.73. The zero-order valence-corrected chi connectivity index (χ0v) is 37.6. The van der Waals surface area contributed by atoms with E-state index in [0.29, 0.717) is 24.3 Å². The molecule has 1 saturated heterocycles. The number of aliphatic hydroxyl groups is 1. The lowest BCUT2D eigenvalue weighted by atomic mass is 9.82. The van der Waals surface area contributed by atoms with Gasteiger partial charge in [-0.05, 0) is 68.2 Å². The van der Waals surface area contributed by atoms with E-state index in [-0.39, 0.29) is 53.8 Å². The van der Waals surface area contributed by atoms with Crippen molar-refractivity contribution in [2.24, 2.45) is 23.7 Å². The van der Waals surface area contributed by atoms with Crippen LogP contribution in [-0.4, -0.2) is 80.5 Å². The highest BCUT2D eigenvalue weighted by molar-refractivity contribution is 8.19. The molecule has 2 aromatic heterocycles. The second kappa shape index (κ2) is 29.2. The molecule has 324 valence electrons. The van der Waals surface area contributed by atoms with Crippen LogP contribution in [0.1, 0.15) is 109 Å². The maximum Gasteiger partial charge on any atom is 0.270 e. The minimum Gasteiger partial charge on any atom is -0.400 e. The number of thioether (sulfide) groups is 2. The van der Waals surface area contributed by atoms with E-state index in [0.717, 1.165) is 43.9 Å². The summed E-state index contributed by atoms with van der Waals surface area (Å²) in [6.45, 7) is 10.0. The van der Waals surface area contributed by atoms with Gasteiger partial charge >= 0.3 is 0 Å². The van der Waals surface area contributed by atoms with Crippen molar-refractivity contribution < 1.29 is 24.3 Å². The average Bonchev–Trinajstić information content (AvgIpc) is 3.87. The highest BCUT2D eigenvalue weighted by atomic mass is 32.2. The third-order valence-electron chi connectivity index (χ3n) is 10.7. The molecule has 5 atom stereocenters. The summed E-state index contributed by atoms with van der Waals surface area (Å²) in [6.07, 6.45) is 18.3. The van der Waals surface area contributed by atoms with Gasteiger partial charge in [0, 0.05) is 47.2 Å². The Labute approximate surface area is 361 Å². The van der Waals surface area contributed by atoms with Crippen LogP contribution in [0.4, 0.5) is 0 Å². The zero-order valence-electron chi connectivity index (χ0n) is 36.0. The molecule has 1 unspecified atom stereocenters. The van der Waals surface area contributed by atoms with Crippen LogP contribution in [-0.2, 0) is 20.9 Å². The zero-order chi connectivity index (χ0) is 43.6. The maximum absolute atomic E-state index is 13.8. The van der Waals surface area contributed by atoms with Gasteiger partial charge in [-0.3, -0.25) is 24.2 Å². The third kappa shape index (κ3) is 18.4. The SMILES string of the molecule is C#C.C1CSCS1.CC[C@@H](C)C(NC(=O)[C@@H](CC[C@H](CC1CCCCC1)NC(=O)[C@H](C)NC(=O)c1ccc2ccccc2n1)C(C)C)C(=O)NCc1ccccn1.CO. The Balaban J connectivity index is 0.00000120. The maximum atomic E-state index is 13.8. The van der Waals surface area contributed by atoms with Gasteiger partial charge in [0.05, 0.1) is 17.8 Å². The Kier molecular flexibility index (Phi) is 25.2. The molecule has 1 saturated carbocycles. The van der Waals surface area contributed by atoms with Gasteiger partial charge in [0.25, 0.3) is 5.91 Å². The summed E-state index contributed by atoms with van der Waals surface area (Å²) in [4.78, 5) is 62.4. The Morgan fingerprint density at radius 3 is 2.10 bits per heavy atom. The number of para-hydroxylation sites is 1. The fourth-order valence-electron chi connectivity index (χ4n) is 7.12. The first-order valence-corrected chi connectivity index (χ1v) is 23.2. The monoisotopic (exact) mass is 848 g/mol. The van der Waals surface area contributed by atoms with Gasteiger partial charge in [0.1, 0.15) is 17.8 Å². The molecule has 0 bridgehead atoms. The summed E-state index contributed by atoms with van der Waals surface area (Å²) in [5, 5.41) is 21.4. The topological polar surface area (TPSA) is 162 Å². The molecule has 0 radical (unpaired) electrons. The quantitative estimate of drug-likeness (QED) is 0.0873. The molecule has 2 aliphatic rings. The number of rotatable bonds is 17. The number of nitrogens with zero attached hydrogens (tertiary/aromatic N) is 2. The van der Waals surface area contributed by atoms with Crippen LogP contribution in [0.25, 0.3) is 10.9 Å². The third-order valence-corrected chi connectivity index (χ3v) is 13.3. The number of aliphatic hydroxyl groups excluding tert-OH is 1. The van der Waals surface area contributed by atoms with E-state index in [2.05, 4.69) is 44.1 Å². The Morgan fingerprint density at radius 1 is 0.814 bits per heavy atom. The van der Waals surface area contributed by atoms with Crippen LogP contribution < -0.4 is 21.3 Å². The lowest BCUT2D eigenvalue weighted by molar-refractivity contribution is -0.133. The molecule has 1 aliphatic carbocycles. The molecular formula is C46H68N6O5S2. The summed E-state index contributed by atoms with van der Waals surface area (Å²) in [5.74, 6) is 1.86. The molecule has 1 aromatic carbocycles. The van der Waals surface area contributed by atoms with Crippen LogP contribution in [0.2, 0.25) is 0 Å². The molecule has 3 heterocycles. The van der Waals surface area contributed by atoms with Crippen LogP contribution >= 0.6 is 23.5 Å². The minimum atomic E-state index is -0.769. The Hall–Kier alpha value is -4.12. The lowest BCUT2D eigenvalue weighted by Gasteiger charge is -2.31. The number of nitrogens with one attached hydrogen (secondary N) is 4. The van der Waals surface area contributed by atoms with E-state index in [1.807, 2.05) is 99.7 Å². The molecule has 0 spiro atoms. The van der Waals surface area contributed by atoms with Crippen molar-refractivity contribution in [3.05, 3.63) is 72.2 Å². The fourth-order valence-corrected chi connectivity index (χ4v) is 9.48. The molecule has 59 heavy (non-hydrogen) atoms. The van der Waals surface area contributed by atoms with Gasteiger partial charge in [-0.2, -0.15) is 23.5 Å². The summed E-state index contributed by atoms with van der Waals surface area (Å²) < 4.78 is 0. The fraction of sp³-hybridized carbons (Fsp3) is 0.565. The number of carbonyl (C=O) groups is 4. The molecule has 13 heteroatoms. The second-order valence-corrected chi connectivity index (χ2v) is 17.9. The Bertz CT molecular complexity index is 1690. The van der Waals surface area contributed by atoms with Gasteiger partial charge < -0.3 is 26.4 Å². The molecule has 5 N–H and O–H groups in total. The van der Waals surface area contributed by atoms with Crippen molar-refractivity contribution in [3.63, 3.8) is 0 Å². The number of aromatic nitrogens is 2. The van der Waals surface area contributed by atoms with Crippen LogP contribution in [0.15, 0.2) is 60.8 Å². The molecular weight excluding hydrogens is 781 g/mol. The average molecular weight is 849 g/mol. The smallest absolute Gasteiger partial charge is 0.270 e.